The van der Waals surface area contributed by atoms with E-state index in [-0.39, 0.29) is 5.82 Å². The second-order valence-electron chi connectivity index (χ2n) is 7.00. The second-order valence-corrected chi connectivity index (χ2v) is 7.41. The van der Waals surface area contributed by atoms with Crippen LogP contribution in [0.1, 0.15) is 16.1 Å². The predicted molar refractivity (Wildman–Crippen MR) is 125 cm³/mol. The Morgan fingerprint density at radius 1 is 0.935 bits per heavy atom. The van der Waals surface area contributed by atoms with Gasteiger partial charge >= 0.3 is 0 Å². The second kappa shape index (κ2) is 9.40. The van der Waals surface area contributed by atoms with E-state index >= 15 is 0 Å². The van der Waals surface area contributed by atoms with E-state index in [0.717, 1.165) is 12.0 Å². The van der Waals surface area contributed by atoms with Crippen LogP contribution in [0.4, 0.5) is 4.39 Å². The Hall–Kier alpha value is -3.71. The highest BCUT2D eigenvalue weighted by molar-refractivity contribution is 7.80. The number of carbonyl (C=O) groups is 1. The van der Waals surface area contributed by atoms with Gasteiger partial charge in [0.2, 0.25) is 0 Å². The number of carbonyl (C=O) groups excluding carboxylic acids is 1. The Morgan fingerprint density at radius 2 is 1.65 bits per heavy atom. The number of aromatic nitrogens is 1. The molecule has 0 aliphatic rings. The molecule has 0 saturated carbocycles. The smallest absolute Gasteiger partial charge is 0.286 e. The zero-order valence-electron chi connectivity index (χ0n) is 16.6. The van der Waals surface area contributed by atoms with Crippen molar-refractivity contribution in [3.05, 3.63) is 95.9 Å². The SMILES string of the molecule is O=C(NNC(=S)NCCc1ccccc1)c1[nH]c2ccc(F)cc2c1-c1ccccc1. The number of hydrogen-bond acceptors (Lipinski definition) is 2. The highest BCUT2D eigenvalue weighted by Crippen LogP contribution is 2.32. The van der Waals surface area contributed by atoms with Gasteiger partial charge in [-0.1, -0.05) is 60.7 Å². The van der Waals surface area contributed by atoms with Crippen molar-refractivity contribution in [2.24, 2.45) is 0 Å². The molecule has 0 atom stereocenters. The maximum Gasteiger partial charge on any atom is 0.286 e. The van der Waals surface area contributed by atoms with Crippen LogP contribution in [0.2, 0.25) is 0 Å². The summed E-state index contributed by atoms with van der Waals surface area (Å²) < 4.78 is 13.9. The minimum atomic E-state index is -0.400. The van der Waals surface area contributed by atoms with Gasteiger partial charge in [-0.2, -0.15) is 0 Å². The zero-order chi connectivity index (χ0) is 21.6. The molecule has 4 aromatic rings. The lowest BCUT2D eigenvalue weighted by atomic mass is 10.0. The standard InChI is InChI=1S/C24H21FN4OS/c25-18-11-12-20-19(15-18)21(17-9-5-2-6-10-17)22(27-20)23(30)28-29-24(31)26-14-13-16-7-3-1-4-8-16/h1-12,15,27H,13-14H2,(H,28,30)(H2,26,29,31). The maximum absolute atomic E-state index is 13.9. The summed E-state index contributed by atoms with van der Waals surface area (Å²) in [6.45, 7) is 0.632. The molecule has 31 heavy (non-hydrogen) atoms. The number of halogens is 1. The fraction of sp³-hybridized carbons (Fsp3) is 0.0833. The molecule has 3 aromatic carbocycles. The summed E-state index contributed by atoms with van der Waals surface area (Å²) in [7, 11) is 0. The van der Waals surface area contributed by atoms with Gasteiger partial charge in [0, 0.05) is 23.0 Å². The van der Waals surface area contributed by atoms with Crippen molar-refractivity contribution in [2.45, 2.75) is 6.42 Å². The van der Waals surface area contributed by atoms with Gasteiger partial charge in [0.15, 0.2) is 5.11 Å². The van der Waals surface area contributed by atoms with Gasteiger partial charge in [-0.15, -0.1) is 0 Å². The van der Waals surface area contributed by atoms with E-state index < -0.39 is 5.91 Å². The molecule has 0 unspecified atom stereocenters. The monoisotopic (exact) mass is 432 g/mol. The number of amides is 1. The fourth-order valence-electron chi connectivity index (χ4n) is 3.42. The molecule has 5 nitrogen and oxygen atoms in total. The molecule has 0 fully saturated rings. The summed E-state index contributed by atoms with van der Waals surface area (Å²) in [5.41, 5.74) is 8.99. The van der Waals surface area contributed by atoms with Gasteiger partial charge in [-0.05, 0) is 48.0 Å². The first kappa shape index (κ1) is 20.6. The fourth-order valence-corrected chi connectivity index (χ4v) is 3.58. The topological polar surface area (TPSA) is 69.0 Å². The lowest BCUT2D eigenvalue weighted by Gasteiger charge is -2.12. The largest absolute Gasteiger partial charge is 0.361 e. The third-order valence-corrected chi connectivity index (χ3v) is 5.13. The lowest BCUT2D eigenvalue weighted by molar-refractivity contribution is 0.0940. The van der Waals surface area contributed by atoms with Gasteiger partial charge in [0.25, 0.3) is 5.91 Å². The number of nitrogens with one attached hydrogen (secondary N) is 4. The minimum Gasteiger partial charge on any atom is -0.361 e. The van der Waals surface area contributed by atoms with Gasteiger partial charge in [-0.3, -0.25) is 15.6 Å². The van der Waals surface area contributed by atoms with E-state index in [1.807, 2.05) is 60.7 Å². The van der Waals surface area contributed by atoms with E-state index in [0.29, 0.717) is 33.8 Å². The third-order valence-electron chi connectivity index (χ3n) is 4.88. The van der Waals surface area contributed by atoms with Crippen molar-refractivity contribution in [1.29, 1.82) is 0 Å². The third kappa shape index (κ3) is 4.90. The number of benzene rings is 3. The number of hydrazine groups is 1. The number of fused-ring (bicyclic) bond motifs is 1. The van der Waals surface area contributed by atoms with Gasteiger partial charge < -0.3 is 10.3 Å². The molecule has 7 heteroatoms. The van der Waals surface area contributed by atoms with Gasteiger partial charge in [0.05, 0.1) is 0 Å². The van der Waals surface area contributed by atoms with E-state index in [1.54, 1.807) is 6.07 Å². The molecule has 1 aromatic heterocycles. The normalized spacial score (nSPS) is 10.6. The number of hydrogen-bond donors (Lipinski definition) is 4. The van der Waals surface area contributed by atoms with E-state index in [4.69, 9.17) is 12.2 Å². The first-order valence-electron chi connectivity index (χ1n) is 9.86. The number of aromatic amines is 1. The number of H-pyrrole nitrogens is 1. The average molecular weight is 433 g/mol. The summed E-state index contributed by atoms with van der Waals surface area (Å²) in [6, 6.07) is 23.9. The summed E-state index contributed by atoms with van der Waals surface area (Å²) in [5, 5.41) is 4.02. The summed E-state index contributed by atoms with van der Waals surface area (Å²) in [5.74, 6) is -0.764. The molecule has 0 bridgehead atoms. The Morgan fingerprint density at radius 3 is 2.39 bits per heavy atom. The van der Waals surface area contributed by atoms with Crippen LogP contribution in [-0.2, 0) is 6.42 Å². The minimum absolute atomic E-state index is 0.313. The zero-order valence-corrected chi connectivity index (χ0v) is 17.4. The molecule has 0 aliphatic heterocycles. The molecule has 156 valence electrons. The van der Waals surface area contributed by atoms with Crippen molar-refractivity contribution in [2.75, 3.05) is 6.54 Å². The molecular weight excluding hydrogens is 411 g/mol. The van der Waals surface area contributed by atoms with E-state index in [1.165, 1.54) is 17.7 Å². The highest BCUT2D eigenvalue weighted by Gasteiger charge is 2.19. The quantitative estimate of drug-likeness (QED) is 0.280. The van der Waals surface area contributed by atoms with E-state index in [2.05, 4.69) is 21.2 Å². The molecule has 1 heterocycles. The van der Waals surface area contributed by atoms with Crippen LogP contribution in [-0.4, -0.2) is 22.5 Å². The highest BCUT2D eigenvalue weighted by atomic mass is 32.1. The van der Waals surface area contributed by atoms with Crippen LogP contribution in [0, 0.1) is 5.82 Å². The Labute approximate surface area is 184 Å². The van der Waals surface area contributed by atoms with Crippen molar-refractivity contribution >= 4 is 34.1 Å². The van der Waals surface area contributed by atoms with Crippen molar-refractivity contribution < 1.29 is 9.18 Å². The molecule has 1 amide bonds. The van der Waals surface area contributed by atoms with Crippen LogP contribution < -0.4 is 16.2 Å². The van der Waals surface area contributed by atoms with Gasteiger partial charge in [0.1, 0.15) is 11.5 Å². The molecular formula is C24H21FN4OS. The molecule has 0 saturated heterocycles. The number of rotatable bonds is 5. The molecule has 0 radical (unpaired) electrons. The maximum atomic E-state index is 13.9. The van der Waals surface area contributed by atoms with Crippen LogP contribution in [0.5, 0.6) is 0 Å². The molecule has 0 spiro atoms. The van der Waals surface area contributed by atoms with Crippen LogP contribution in [0.3, 0.4) is 0 Å². The van der Waals surface area contributed by atoms with Crippen LogP contribution >= 0.6 is 12.2 Å². The first-order chi connectivity index (χ1) is 15.1. The van der Waals surface area contributed by atoms with Crippen molar-refractivity contribution in [1.82, 2.24) is 21.2 Å². The summed E-state index contributed by atoms with van der Waals surface area (Å²) in [6.07, 6.45) is 0.808. The van der Waals surface area contributed by atoms with Crippen LogP contribution in [0.15, 0.2) is 78.9 Å². The first-order valence-corrected chi connectivity index (χ1v) is 10.3. The Kier molecular flexibility index (Phi) is 6.24. The number of thiocarbonyl (C=S) groups is 1. The van der Waals surface area contributed by atoms with Crippen molar-refractivity contribution in [3.8, 4) is 11.1 Å². The Balaban J connectivity index is 1.46. The average Bonchev–Trinajstić information content (AvgIpc) is 3.17. The van der Waals surface area contributed by atoms with Crippen LogP contribution in [0.25, 0.3) is 22.0 Å². The predicted octanol–water partition coefficient (Wildman–Crippen LogP) is 4.33. The van der Waals surface area contributed by atoms with Gasteiger partial charge in [-0.25, -0.2) is 4.39 Å². The molecule has 4 N–H and O–H groups in total. The Bertz CT molecular complexity index is 1210. The van der Waals surface area contributed by atoms with E-state index in [9.17, 15) is 9.18 Å². The molecule has 4 rings (SSSR count). The molecule has 0 aliphatic carbocycles. The summed E-state index contributed by atoms with van der Waals surface area (Å²) in [4.78, 5) is 16.0. The lowest BCUT2D eigenvalue weighted by Crippen LogP contribution is -2.47. The summed E-state index contributed by atoms with van der Waals surface area (Å²) >= 11 is 5.25. The van der Waals surface area contributed by atoms with Crippen molar-refractivity contribution in [3.63, 3.8) is 0 Å².